The van der Waals surface area contributed by atoms with Crippen molar-refractivity contribution in [2.45, 2.75) is 39.7 Å². The third kappa shape index (κ3) is 3.46. The highest BCUT2D eigenvalue weighted by Crippen LogP contribution is 2.17. The quantitative estimate of drug-likeness (QED) is 0.796. The molecule has 0 aliphatic rings. The number of nitrogens with zero attached hydrogens (tertiary/aromatic N) is 1. The molecule has 0 aliphatic heterocycles. The van der Waals surface area contributed by atoms with E-state index in [4.69, 9.17) is 5.73 Å². The highest BCUT2D eigenvalue weighted by Gasteiger charge is 2.06. The molecule has 14 heavy (non-hydrogen) atoms. The van der Waals surface area contributed by atoms with E-state index in [0.717, 1.165) is 23.6 Å². The Labute approximate surface area is 86.5 Å². The number of nitrogens with two attached hydrogens (primary N) is 1. The second kappa shape index (κ2) is 5.11. The second-order valence-corrected chi connectivity index (χ2v) is 4.31. The topological polar surface area (TPSA) is 38.9 Å². The Bertz CT molecular complexity index is 264. The minimum absolute atomic E-state index is 0.144. The van der Waals surface area contributed by atoms with Crippen LogP contribution in [0.1, 0.15) is 44.0 Å². The van der Waals surface area contributed by atoms with Gasteiger partial charge in [-0.2, -0.15) is 0 Å². The average molecular weight is 192 g/mol. The molecule has 2 heteroatoms. The zero-order chi connectivity index (χ0) is 10.6. The van der Waals surface area contributed by atoms with E-state index in [-0.39, 0.29) is 6.04 Å². The van der Waals surface area contributed by atoms with E-state index >= 15 is 0 Å². The van der Waals surface area contributed by atoms with Crippen molar-refractivity contribution in [2.24, 2.45) is 11.7 Å². The van der Waals surface area contributed by atoms with Gasteiger partial charge in [0.15, 0.2) is 0 Å². The van der Waals surface area contributed by atoms with Crippen LogP contribution in [0.25, 0.3) is 0 Å². The maximum absolute atomic E-state index is 6.05. The summed E-state index contributed by atoms with van der Waals surface area (Å²) >= 11 is 0. The van der Waals surface area contributed by atoms with Gasteiger partial charge in [0.25, 0.3) is 0 Å². The average Bonchev–Trinajstić information content (AvgIpc) is 2.15. The van der Waals surface area contributed by atoms with Crippen molar-refractivity contribution < 1.29 is 0 Å². The molecule has 1 aromatic heterocycles. The smallest absolute Gasteiger partial charge is 0.0372 e. The molecule has 1 atom stereocenters. The van der Waals surface area contributed by atoms with E-state index in [9.17, 15) is 0 Å². The SMILES string of the molecule is Cc1ccc(C(N)CCC(C)C)cn1. The van der Waals surface area contributed by atoms with Gasteiger partial charge in [-0.15, -0.1) is 0 Å². The lowest BCUT2D eigenvalue weighted by atomic mass is 9.99. The molecule has 78 valence electrons. The van der Waals surface area contributed by atoms with Gasteiger partial charge in [0.2, 0.25) is 0 Å². The van der Waals surface area contributed by atoms with Crippen LogP contribution >= 0.6 is 0 Å². The normalized spacial score (nSPS) is 13.2. The summed E-state index contributed by atoms with van der Waals surface area (Å²) in [6.45, 7) is 6.43. The lowest BCUT2D eigenvalue weighted by Gasteiger charge is -2.13. The lowest BCUT2D eigenvalue weighted by Crippen LogP contribution is -2.11. The second-order valence-electron chi connectivity index (χ2n) is 4.31. The van der Waals surface area contributed by atoms with Crippen LogP contribution in [0.5, 0.6) is 0 Å². The third-order valence-electron chi connectivity index (χ3n) is 2.42. The summed E-state index contributed by atoms with van der Waals surface area (Å²) in [6.07, 6.45) is 4.11. The Morgan fingerprint density at radius 3 is 2.50 bits per heavy atom. The minimum Gasteiger partial charge on any atom is -0.324 e. The van der Waals surface area contributed by atoms with Crippen LogP contribution in [0.4, 0.5) is 0 Å². The number of aromatic nitrogens is 1. The van der Waals surface area contributed by atoms with E-state index in [2.05, 4.69) is 24.9 Å². The summed E-state index contributed by atoms with van der Waals surface area (Å²) in [5, 5.41) is 0. The molecular formula is C12H20N2. The first-order valence-electron chi connectivity index (χ1n) is 5.27. The largest absolute Gasteiger partial charge is 0.324 e. The molecule has 0 saturated carbocycles. The van der Waals surface area contributed by atoms with Gasteiger partial charge in [-0.1, -0.05) is 19.9 Å². The Kier molecular flexibility index (Phi) is 4.08. The summed E-state index contributed by atoms with van der Waals surface area (Å²) in [5.74, 6) is 0.722. The van der Waals surface area contributed by atoms with Gasteiger partial charge in [-0.05, 0) is 37.3 Å². The van der Waals surface area contributed by atoms with E-state index in [1.165, 1.54) is 6.42 Å². The van der Waals surface area contributed by atoms with Crippen LogP contribution in [-0.2, 0) is 0 Å². The van der Waals surface area contributed by atoms with Gasteiger partial charge in [0, 0.05) is 17.9 Å². The molecule has 0 bridgehead atoms. The first-order valence-corrected chi connectivity index (χ1v) is 5.27. The maximum atomic E-state index is 6.05. The molecule has 0 saturated heterocycles. The molecule has 1 aromatic rings. The Morgan fingerprint density at radius 1 is 1.29 bits per heavy atom. The Morgan fingerprint density at radius 2 is 2.00 bits per heavy atom. The van der Waals surface area contributed by atoms with Crippen LogP contribution in [0.15, 0.2) is 18.3 Å². The predicted octanol–water partition coefficient (Wildman–Crippen LogP) is 2.83. The fourth-order valence-corrected chi connectivity index (χ4v) is 1.38. The summed E-state index contributed by atoms with van der Waals surface area (Å²) < 4.78 is 0. The van der Waals surface area contributed by atoms with Gasteiger partial charge in [0.05, 0.1) is 0 Å². The van der Waals surface area contributed by atoms with Gasteiger partial charge in [-0.3, -0.25) is 4.98 Å². The van der Waals surface area contributed by atoms with Gasteiger partial charge >= 0.3 is 0 Å². The zero-order valence-electron chi connectivity index (χ0n) is 9.33. The number of aryl methyl sites for hydroxylation is 1. The van der Waals surface area contributed by atoms with E-state index in [0.29, 0.717) is 0 Å². The van der Waals surface area contributed by atoms with Crippen LogP contribution in [-0.4, -0.2) is 4.98 Å². The number of hydrogen-bond donors (Lipinski definition) is 1. The lowest BCUT2D eigenvalue weighted by molar-refractivity contribution is 0.506. The van der Waals surface area contributed by atoms with Crippen LogP contribution in [0.3, 0.4) is 0 Å². The fourth-order valence-electron chi connectivity index (χ4n) is 1.38. The third-order valence-corrected chi connectivity index (χ3v) is 2.42. The summed E-state index contributed by atoms with van der Waals surface area (Å²) in [5.41, 5.74) is 8.25. The highest BCUT2D eigenvalue weighted by molar-refractivity contribution is 5.16. The maximum Gasteiger partial charge on any atom is 0.0372 e. The predicted molar refractivity (Wildman–Crippen MR) is 60.0 cm³/mol. The molecule has 1 unspecified atom stereocenters. The monoisotopic (exact) mass is 192 g/mol. The molecule has 1 rings (SSSR count). The Hall–Kier alpha value is -0.890. The Balaban J connectivity index is 2.52. The first kappa shape index (κ1) is 11.2. The molecular weight excluding hydrogens is 172 g/mol. The van der Waals surface area contributed by atoms with Crippen molar-refractivity contribution in [2.75, 3.05) is 0 Å². The van der Waals surface area contributed by atoms with Gasteiger partial charge in [-0.25, -0.2) is 0 Å². The van der Waals surface area contributed by atoms with Crippen LogP contribution in [0.2, 0.25) is 0 Å². The van der Waals surface area contributed by atoms with Gasteiger partial charge in [0.1, 0.15) is 0 Å². The van der Waals surface area contributed by atoms with Crippen molar-refractivity contribution in [1.82, 2.24) is 4.98 Å². The summed E-state index contributed by atoms with van der Waals surface area (Å²) in [6, 6.07) is 4.24. The molecule has 1 heterocycles. The number of hydrogen-bond acceptors (Lipinski definition) is 2. The molecule has 2 N–H and O–H groups in total. The molecule has 0 amide bonds. The van der Waals surface area contributed by atoms with Crippen molar-refractivity contribution >= 4 is 0 Å². The van der Waals surface area contributed by atoms with Gasteiger partial charge < -0.3 is 5.73 Å². The molecule has 0 spiro atoms. The van der Waals surface area contributed by atoms with Crippen LogP contribution in [0, 0.1) is 12.8 Å². The molecule has 0 fully saturated rings. The molecule has 0 aromatic carbocycles. The summed E-state index contributed by atoms with van der Waals surface area (Å²) in [7, 11) is 0. The number of rotatable bonds is 4. The molecule has 0 radical (unpaired) electrons. The fraction of sp³-hybridized carbons (Fsp3) is 0.583. The molecule has 0 aliphatic carbocycles. The zero-order valence-corrected chi connectivity index (χ0v) is 9.33. The van der Waals surface area contributed by atoms with Crippen molar-refractivity contribution in [1.29, 1.82) is 0 Å². The van der Waals surface area contributed by atoms with Crippen molar-refractivity contribution in [3.63, 3.8) is 0 Å². The van der Waals surface area contributed by atoms with E-state index in [1.54, 1.807) is 0 Å². The van der Waals surface area contributed by atoms with Crippen molar-refractivity contribution in [3.05, 3.63) is 29.6 Å². The van der Waals surface area contributed by atoms with E-state index < -0.39 is 0 Å². The minimum atomic E-state index is 0.144. The highest BCUT2D eigenvalue weighted by atomic mass is 14.7. The summed E-state index contributed by atoms with van der Waals surface area (Å²) in [4.78, 5) is 4.25. The van der Waals surface area contributed by atoms with Crippen LogP contribution < -0.4 is 5.73 Å². The van der Waals surface area contributed by atoms with E-state index in [1.807, 2.05) is 19.2 Å². The standard InChI is InChI=1S/C12H20N2/c1-9(2)4-7-12(13)11-6-5-10(3)14-8-11/h5-6,8-9,12H,4,7,13H2,1-3H3. The van der Waals surface area contributed by atoms with Crippen molar-refractivity contribution in [3.8, 4) is 0 Å². The first-order chi connectivity index (χ1) is 6.59. The molecule has 2 nitrogen and oxygen atoms in total. The number of pyridine rings is 1.